The molecule has 1 aromatic carbocycles. The fourth-order valence-corrected chi connectivity index (χ4v) is 2.59. The number of benzene rings is 1. The Morgan fingerprint density at radius 1 is 1.08 bits per heavy atom. The summed E-state index contributed by atoms with van der Waals surface area (Å²) in [5.74, 6) is 1.70. The maximum Gasteiger partial charge on any atom is 0.259 e. The lowest BCUT2D eigenvalue weighted by Gasteiger charge is -2.06. The highest BCUT2D eigenvalue weighted by Gasteiger charge is 2.09. The Morgan fingerprint density at radius 3 is 2.85 bits per heavy atom. The van der Waals surface area contributed by atoms with Crippen LogP contribution in [0, 0.1) is 0 Å². The van der Waals surface area contributed by atoms with Crippen molar-refractivity contribution in [3.63, 3.8) is 0 Å². The smallest absolute Gasteiger partial charge is 0.259 e. The fraction of sp³-hybridized carbons (Fsp3) is 0.158. The summed E-state index contributed by atoms with van der Waals surface area (Å²) in [6, 6.07) is 13.9. The number of ether oxygens (including phenoxy) is 1. The van der Waals surface area contributed by atoms with Crippen molar-refractivity contribution < 1.29 is 9.26 Å². The van der Waals surface area contributed by atoms with Crippen LogP contribution >= 0.6 is 0 Å². The average molecular weight is 347 g/mol. The monoisotopic (exact) mass is 347 g/mol. The first kappa shape index (κ1) is 16.2. The number of fused-ring (bicyclic) bond motifs is 1. The SMILES string of the molecule is COCc1noc(-c2ccc(NCc3cnc4ccccc4c3)nc2)n1. The van der Waals surface area contributed by atoms with Crippen molar-refractivity contribution in [1.82, 2.24) is 20.1 Å². The molecular weight excluding hydrogens is 330 g/mol. The van der Waals surface area contributed by atoms with Gasteiger partial charge < -0.3 is 14.6 Å². The molecule has 0 aliphatic rings. The van der Waals surface area contributed by atoms with E-state index in [9.17, 15) is 0 Å². The maximum atomic E-state index is 5.20. The van der Waals surface area contributed by atoms with Gasteiger partial charge in [0.05, 0.1) is 11.1 Å². The molecule has 3 heterocycles. The number of methoxy groups -OCH3 is 1. The van der Waals surface area contributed by atoms with E-state index >= 15 is 0 Å². The molecule has 0 radical (unpaired) electrons. The van der Waals surface area contributed by atoms with Crippen LogP contribution in [0.5, 0.6) is 0 Å². The Bertz CT molecular complexity index is 1010. The first-order chi connectivity index (χ1) is 12.8. The molecule has 0 fully saturated rings. The van der Waals surface area contributed by atoms with Gasteiger partial charge in [-0.1, -0.05) is 23.4 Å². The van der Waals surface area contributed by atoms with Gasteiger partial charge in [0.1, 0.15) is 12.4 Å². The van der Waals surface area contributed by atoms with E-state index < -0.39 is 0 Å². The molecule has 130 valence electrons. The van der Waals surface area contributed by atoms with Crippen LogP contribution in [0.25, 0.3) is 22.4 Å². The summed E-state index contributed by atoms with van der Waals surface area (Å²) in [7, 11) is 1.59. The molecule has 7 nitrogen and oxygen atoms in total. The Labute approximate surface area is 150 Å². The van der Waals surface area contributed by atoms with Crippen LogP contribution in [0.1, 0.15) is 11.4 Å². The van der Waals surface area contributed by atoms with E-state index in [2.05, 4.69) is 37.6 Å². The first-order valence-corrected chi connectivity index (χ1v) is 8.17. The predicted molar refractivity (Wildman–Crippen MR) is 97.3 cm³/mol. The van der Waals surface area contributed by atoms with E-state index in [1.807, 2.05) is 36.5 Å². The zero-order chi connectivity index (χ0) is 17.8. The second-order valence-corrected chi connectivity index (χ2v) is 5.77. The largest absolute Gasteiger partial charge is 0.377 e. The lowest BCUT2D eigenvalue weighted by Crippen LogP contribution is -2.01. The topological polar surface area (TPSA) is 86.0 Å². The highest BCUT2D eigenvalue weighted by atomic mass is 16.5. The molecule has 1 N–H and O–H groups in total. The number of hydrogen-bond acceptors (Lipinski definition) is 7. The number of hydrogen-bond donors (Lipinski definition) is 1. The van der Waals surface area contributed by atoms with Crippen LogP contribution in [-0.2, 0) is 17.9 Å². The molecule has 0 aliphatic heterocycles. The molecule has 0 saturated heterocycles. The average Bonchev–Trinajstić information content (AvgIpc) is 3.15. The number of aromatic nitrogens is 4. The summed E-state index contributed by atoms with van der Waals surface area (Å²) in [5, 5.41) is 8.26. The summed E-state index contributed by atoms with van der Waals surface area (Å²) >= 11 is 0. The molecule has 4 rings (SSSR count). The predicted octanol–water partition coefficient (Wildman–Crippen LogP) is 3.44. The molecule has 0 bridgehead atoms. The molecule has 4 aromatic rings. The Morgan fingerprint density at radius 2 is 2.00 bits per heavy atom. The fourth-order valence-electron chi connectivity index (χ4n) is 2.59. The van der Waals surface area contributed by atoms with Crippen molar-refractivity contribution in [3.8, 4) is 11.5 Å². The third kappa shape index (κ3) is 3.52. The minimum absolute atomic E-state index is 0.316. The highest BCUT2D eigenvalue weighted by molar-refractivity contribution is 5.78. The van der Waals surface area contributed by atoms with Crippen molar-refractivity contribution in [3.05, 3.63) is 66.2 Å². The second kappa shape index (κ2) is 7.28. The number of anilines is 1. The molecule has 0 atom stereocenters. The van der Waals surface area contributed by atoms with Crippen LogP contribution in [-0.4, -0.2) is 27.2 Å². The van der Waals surface area contributed by atoms with Gasteiger partial charge in [0, 0.05) is 31.4 Å². The number of para-hydroxylation sites is 1. The standard InChI is InChI=1S/C19H17N5O2/c1-25-12-18-23-19(26-24-18)15-6-7-17(22-11-15)21-10-13-8-14-4-2-3-5-16(14)20-9-13/h2-9,11H,10,12H2,1H3,(H,21,22). The summed E-state index contributed by atoms with van der Waals surface area (Å²) in [5.41, 5.74) is 2.85. The lowest BCUT2D eigenvalue weighted by atomic mass is 10.1. The van der Waals surface area contributed by atoms with Crippen molar-refractivity contribution in [2.75, 3.05) is 12.4 Å². The van der Waals surface area contributed by atoms with Crippen molar-refractivity contribution in [2.24, 2.45) is 0 Å². The van der Waals surface area contributed by atoms with E-state index in [-0.39, 0.29) is 0 Å². The minimum atomic E-state index is 0.316. The molecule has 0 amide bonds. The van der Waals surface area contributed by atoms with E-state index in [1.165, 1.54) is 0 Å². The number of pyridine rings is 2. The summed E-state index contributed by atoms with van der Waals surface area (Å²) < 4.78 is 10.2. The molecule has 3 aromatic heterocycles. The van der Waals surface area contributed by atoms with Gasteiger partial charge in [-0.2, -0.15) is 4.98 Å². The van der Waals surface area contributed by atoms with Crippen molar-refractivity contribution >= 4 is 16.7 Å². The van der Waals surface area contributed by atoms with Crippen molar-refractivity contribution in [2.45, 2.75) is 13.2 Å². The van der Waals surface area contributed by atoms with Gasteiger partial charge >= 0.3 is 0 Å². The molecule has 0 spiro atoms. The zero-order valence-electron chi connectivity index (χ0n) is 14.2. The summed E-state index contributed by atoms with van der Waals surface area (Å²) in [6.45, 7) is 0.957. The normalized spacial score (nSPS) is 11.0. The quantitative estimate of drug-likeness (QED) is 0.572. The third-order valence-electron chi connectivity index (χ3n) is 3.87. The van der Waals surface area contributed by atoms with Crippen molar-refractivity contribution in [1.29, 1.82) is 0 Å². The van der Waals surface area contributed by atoms with Gasteiger partial charge in [0.15, 0.2) is 5.82 Å². The second-order valence-electron chi connectivity index (χ2n) is 5.77. The van der Waals surface area contributed by atoms with Crippen LogP contribution in [0.2, 0.25) is 0 Å². The van der Waals surface area contributed by atoms with Gasteiger partial charge in [-0.3, -0.25) is 4.98 Å². The van der Waals surface area contributed by atoms with Crippen LogP contribution in [0.4, 0.5) is 5.82 Å². The van der Waals surface area contributed by atoms with E-state index in [0.29, 0.717) is 24.9 Å². The molecule has 0 aliphatic carbocycles. The molecule has 7 heteroatoms. The Balaban J connectivity index is 1.43. The van der Waals surface area contributed by atoms with E-state index in [0.717, 1.165) is 27.8 Å². The first-order valence-electron chi connectivity index (χ1n) is 8.17. The van der Waals surface area contributed by atoms with Crippen LogP contribution in [0.3, 0.4) is 0 Å². The van der Waals surface area contributed by atoms with Gasteiger partial charge in [0.2, 0.25) is 0 Å². The number of rotatable bonds is 6. The van der Waals surface area contributed by atoms with E-state index in [1.54, 1.807) is 13.3 Å². The van der Waals surface area contributed by atoms with Gasteiger partial charge in [-0.05, 0) is 29.8 Å². The summed E-state index contributed by atoms with van der Waals surface area (Å²) in [6.07, 6.45) is 3.57. The Hall–Kier alpha value is -3.32. The van der Waals surface area contributed by atoms with Gasteiger partial charge in [-0.15, -0.1) is 0 Å². The lowest BCUT2D eigenvalue weighted by molar-refractivity contribution is 0.174. The number of nitrogens with one attached hydrogen (secondary N) is 1. The Kier molecular flexibility index (Phi) is 4.53. The molecule has 0 unspecified atom stereocenters. The van der Waals surface area contributed by atoms with E-state index in [4.69, 9.17) is 9.26 Å². The van der Waals surface area contributed by atoms with Gasteiger partial charge in [-0.25, -0.2) is 4.98 Å². The van der Waals surface area contributed by atoms with Gasteiger partial charge in [0.25, 0.3) is 5.89 Å². The maximum absolute atomic E-state index is 5.20. The minimum Gasteiger partial charge on any atom is -0.377 e. The van der Waals surface area contributed by atoms with Crippen LogP contribution < -0.4 is 5.32 Å². The molecular formula is C19H17N5O2. The van der Waals surface area contributed by atoms with Crippen LogP contribution in [0.15, 0.2) is 59.4 Å². The third-order valence-corrected chi connectivity index (χ3v) is 3.87. The molecule has 26 heavy (non-hydrogen) atoms. The molecule has 0 saturated carbocycles. The highest BCUT2D eigenvalue weighted by Crippen LogP contribution is 2.18. The number of nitrogens with zero attached hydrogens (tertiary/aromatic N) is 4. The zero-order valence-corrected chi connectivity index (χ0v) is 14.2. The summed E-state index contributed by atoms with van der Waals surface area (Å²) in [4.78, 5) is 13.1.